The number of rotatable bonds is 4. The van der Waals surface area contributed by atoms with Gasteiger partial charge < -0.3 is 8.54 Å². The Morgan fingerprint density at radius 1 is 0.867 bits per heavy atom. The Kier molecular flexibility index (Phi) is 4.58. The average molecular weight is 246 g/mol. The summed E-state index contributed by atoms with van der Waals surface area (Å²) in [7, 11) is -3.30. The zero-order valence-electron chi connectivity index (χ0n) is 10.9. The van der Waals surface area contributed by atoms with E-state index in [9.17, 15) is 0 Å². The molecule has 0 unspecified atom stereocenters. The molecule has 0 heterocycles. The Balaban J connectivity index is 2.40. The van der Waals surface area contributed by atoms with Crippen LogP contribution in [0.3, 0.4) is 0 Å². The smallest absolute Gasteiger partial charge is 0.321 e. The fourth-order valence-electron chi connectivity index (χ4n) is 2.35. The van der Waals surface area contributed by atoms with Gasteiger partial charge in [0.2, 0.25) is 0 Å². The van der Waals surface area contributed by atoms with Crippen LogP contribution in [0.4, 0.5) is 0 Å². The Bertz CT molecular complexity index is 193. The van der Waals surface area contributed by atoms with Crippen molar-refractivity contribution in [3.8, 4) is 0 Å². The SMILES string of the molecule is C[Si](C)(C)O[Si](C)(C)OC1CCCCC1. The molecule has 15 heavy (non-hydrogen) atoms. The standard InChI is InChI=1S/C11H26O2Si2/c1-14(2,3)13-15(4,5)12-11-9-7-6-8-10-11/h11H,6-10H2,1-5H3. The maximum absolute atomic E-state index is 6.21. The molecule has 90 valence electrons. The highest BCUT2D eigenvalue weighted by molar-refractivity contribution is 6.81. The Hall–Kier alpha value is 0.354. The first-order valence-corrected chi connectivity index (χ1v) is 12.4. The predicted molar refractivity (Wildman–Crippen MR) is 69.9 cm³/mol. The summed E-state index contributed by atoms with van der Waals surface area (Å²) in [6.45, 7) is 11.1. The van der Waals surface area contributed by atoms with E-state index < -0.39 is 16.9 Å². The molecule has 1 saturated carbocycles. The van der Waals surface area contributed by atoms with Crippen molar-refractivity contribution in [3.05, 3.63) is 0 Å². The van der Waals surface area contributed by atoms with Crippen molar-refractivity contribution in [2.75, 3.05) is 0 Å². The first-order chi connectivity index (χ1) is 6.79. The van der Waals surface area contributed by atoms with Gasteiger partial charge in [-0.25, -0.2) is 0 Å². The van der Waals surface area contributed by atoms with E-state index >= 15 is 0 Å². The van der Waals surface area contributed by atoms with Gasteiger partial charge in [-0.15, -0.1) is 0 Å². The zero-order valence-corrected chi connectivity index (χ0v) is 12.9. The lowest BCUT2D eigenvalue weighted by Crippen LogP contribution is -2.47. The summed E-state index contributed by atoms with van der Waals surface area (Å²) in [5.41, 5.74) is 0. The molecule has 0 aromatic heterocycles. The monoisotopic (exact) mass is 246 g/mol. The Morgan fingerprint density at radius 3 is 1.87 bits per heavy atom. The first-order valence-electron chi connectivity index (χ1n) is 6.16. The maximum Gasteiger partial charge on any atom is 0.321 e. The van der Waals surface area contributed by atoms with Gasteiger partial charge in [0.05, 0.1) is 0 Å². The molecule has 0 atom stereocenters. The van der Waals surface area contributed by atoms with E-state index in [0.717, 1.165) is 0 Å². The minimum Gasteiger partial charge on any atom is -0.436 e. The molecule has 4 heteroatoms. The molecule has 0 aromatic carbocycles. The fraction of sp³-hybridized carbons (Fsp3) is 1.00. The number of hydrogen-bond donors (Lipinski definition) is 0. The summed E-state index contributed by atoms with van der Waals surface area (Å²) in [6.07, 6.45) is 7.02. The van der Waals surface area contributed by atoms with E-state index in [4.69, 9.17) is 8.54 Å². The van der Waals surface area contributed by atoms with Gasteiger partial charge in [0, 0.05) is 6.10 Å². The van der Waals surface area contributed by atoms with E-state index in [1.165, 1.54) is 32.1 Å². The van der Waals surface area contributed by atoms with Crippen LogP contribution < -0.4 is 0 Å². The first kappa shape index (κ1) is 13.4. The van der Waals surface area contributed by atoms with E-state index in [2.05, 4.69) is 32.7 Å². The van der Waals surface area contributed by atoms with Crippen LogP contribution in [0.15, 0.2) is 0 Å². The van der Waals surface area contributed by atoms with Gasteiger partial charge in [0.25, 0.3) is 0 Å². The molecule has 0 radical (unpaired) electrons. The molecule has 0 spiro atoms. The summed E-state index contributed by atoms with van der Waals surface area (Å²) in [5.74, 6) is 0. The lowest BCUT2D eigenvalue weighted by atomic mass is 9.98. The van der Waals surface area contributed by atoms with Crippen molar-refractivity contribution in [2.24, 2.45) is 0 Å². The molecule has 0 aromatic rings. The molecule has 1 aliphatic rings. The lowest BCUT2D eigenvalue weighted by Gasteiger charge is -2.35. The maximum atomic E-state index is 6.21. The minimum absolute atomic E-state index is 0.483. The Morgan fingerprint density at radius 2 is 1.40 bits per heavy atom. The van der Waals surface area contributed by atoms with Crippen molar-refractivity contribution in [3.63, 3.8) is 0 Å². The van der Waals surface area contributed by atoms with Crippen molar-refractivity contribution in [2.45, 2.75) is 70.9 Å². The van der Waals surface area contributed by atoms with Crippen LogP contribution in [0.5, 0.6) is 0 Å². The largest absolute Gasteiger partial charge is 0.436 e. The second kappa shape index (κ2) is 5.12. The minimum atomic E-state index is -1.86. The summed E-state index contributed by atoms with van der Waals surface area (Å²) >= 11 is 0. The highest BCUT2D eigenvalue weighted by atomic mass is 28.4. The average Bonchev–Trinajstić information content (AvgIpc) is 1.99. The van der Waals surface area contributed by atoms with Crippen LogP contribution in [0.2, 0.25) is 32.7 Å². The molecule has 0 aliphatic heterocycles. The molecular formula is C11H26O2Si2. The van der Waals surface area contributed by atoms with Gasteiger partial charge in [-0.3, -0.25) is 0 Å². The van der Waals surface area contributed by atoms with E-state index in [0.29, 0.717) is 6.10 Å². The number of hydrogen-bond acceptors (Lipinski definition) is 2. The van der Waals surface area contributed by atoms with Crippen LogP contribution in [-0.4, -0.2) is 23.0 Å². The summed E-state index contributed by atoms with van der Waals surface area (Å²) < 4.78 is 12.4. The van der Waals surface area contributed by atoms with Crippen molar-refractivity contribution in [1.82, 2.24) is 0 Å². The van der Waals surface area contributed by atoms with Gasteiger partial charge in [-0.05, 0) is 45.6 Å². The summed E-state index contributed by atoms with van der Waals surface area (Å²) in [6, 6.07) is 0. The molecule has 2 nitrogen and oxygen atoms in total. The van der Waals surface area contributed by atoms with Crippen LogP contribution >= 0.6 is 0 Å². The zero-order chi connectivity index (χ0) is 11.5. The summed E-state index contributed by atoms with van der Waals surface area (Å²) in [5, 5.41) is 0. The second-order valence-electron chi connectivity index (χ2n) is 5.99. The predicted octanol–water partition coefficient (Wildman–Crippen LogP) is 3.89. The molecule has 1 fully saturated rings. The van der Waals surface area contributed by atoms with Gasteiger partial charge in [-0.1, -0.05) is 19.3 Å². The van der Waals surface area contributed by atoms with Crippen LogP contribution in [0.1, 0.15) is 32.1 Å². The molecule has 0 bridgehead atoms. The molecule has 1 rings (SSSR count). The molecule has 0 saturated heterocycles. The molecule has 0 amide bonds. The van der Waals surface area contributed by atoms with Gasteiger partial charge in [0.15, 0.2) is 8.32 Å². The van der Waals surface area contributed by atoms with Gasteiger partial charge in [0.1, 0.15) is 0 Å². The lowest BCUT2D eigenvalue weighted by molar-refractivity contribution is 0.119. The van der Waals surface area contributed by atoms with E-state index in [1.54, 1.807) is 0 Å². The van der Waals surface area contributed by atoms with Crippen LogP contribution in [-0.2, 0) is 8.54 Å². The van der Waals surface area contributed by atoms with E-state index in [-0.39, 0.29) is 0 Å². The van der Waals surface area contributed by atoms with Crippen molar-refractivity contribution >= 4 is 16.9 Å². The third kappa shape index (κ3) is 5.85. The highest BCUT2D eigenvalue weighted by Crippen LogP contribution is 2.25. The van der Waals surface area contributed by atoms with E-state index in [1.807, 2.05) is 0 Å². The fourth-order valence-corrected chi connectivity index (χ4v) is 9.48. The normalized spacial score (nSPS) is 20.6. The molecule has 1 aliphatic carbocycles. The van der Waals surface area contributed by atoms with Crippen molar-refractivity contribution < 1.29 is 8.54 Å². The van der Waals surface area contributed by atoms with Crippen molar-refractivity contribution in [1.29, 1.82) is 0 Å². The second-order valence-corrected chi connectivity index (χ2v) is 14.1. The van der Waals surface area contributed by atoms with Gasteiger partial charge >= 0.3 is 8.56 Å². The van der Waals surface area contributed by atoms with Crippen LogP contribution in [0, 0.1) is 0 Å². The highest BCUT2D eigenvalue weighted by Gasteiger charge is 2.34. The molecule has 0 N–H and O–H groups in total. The third-order valence-electron chi connectivity index (χ3n) is 2.55. The third-order valence-corrected chi connectivity index (χ3v) is 7.87. The summed E-state index contributed by atoms with van der Waals surface area (Å²) in [4.78, 5) is 0. The van der Waals surface area contributed by atoms with Crippen LogP contribution in [0.25, 0.3) is 0 Å². The molecular weight excluding hydrogens is 220 g/mol. The topological polar surface area (TPSA) is 18.5 Å². The van der Waals surface area contributed by atoms with Gasteiger partial charge in [-0.2, -0.15) is 0 Å². The Labute approximate surface area is 96.7 Å². The quantitative estimate of drug-likeness (QED) is 0.701.